The van der Waals surface area contributed by atoms with Crippen molar-refractivity contribution >= 4 is 28.6 Å². The van der Waals surface area contributed by atoms with E-state index in [0.29, 0.717) is 23.5 Å². The van der Waals surface area contributed by atoms with Crippen LogP contribution in [-0.2, 0) is 6.54 Å². The van der Waals surface area contributed by atoms with Crippen molar-refractivity contribution in [2.75, 3.05) is 5.32 Å². The lowest BCUT2D eigenvalue weighted by molar-refractivity contribution is 0.612. The van der Waals surface area contributed by atoms with E-state index in [-0.39, 0.29) is 11.3 Å². The van der Waals surface area contributed by atoms with Crippen LogP contribution in [0.4, 0.5) is 5.82 Å². The highest BCUT2D eigenvalue weighted by atomic mass is 35.5. The summed E-state index contributed by atoms with van der Waals surface area (Å²) < 4.78 is 3.70. The van der Waals surface area contributed by atoms with Crippen LogP contribution in [0.2, 0.25) is 5.28 Å². The van der Waals surface area contributed by atoms with E-state index >= 15 is 0 Å². The van der Waals surface area contributed by atoms with E-state index in [9.17, 15) is 0 Å². The topological polar surface area (TPSA) is 86.3 Å². The van der Waals surface area contributed by atoms with Gasteiger partial charge in [0, 0.05) is 12.6 Å². The van der Waals surface area contributed by atoms with Crippen molar-refractivity contribution < 1.29 is 0 Å². The van der Waals surface area contributed by atoms with Gasteiger partial charge in [-0.05, 0) is 37.1 Å². The highest BCUT2D eigenvalue weighted by molar-refractivity contribution is 6.28. The van der Waals surface area contributed by atoms with E-state index in [1.165, 1.54) is 6.33 Å². The number of halogens is 1. The molecule has 0 amide bonds. The molecule has 9 heteroatoms. The largest absolute Gasteiger partial charge is 0.364 e. The van der Waals surface area contributed by atoms with Crippen molar-refractivity contribution in [3.05, 3.63) is 54.1 Å². The van der Waals surface area contributed by atoms with Gasteiger partial charge >= 0.3 is 0 Å². The van der Waals surface area contributed by atoms with Gasteiger partial charge in [0.15, 0.2) is 17.0 Å². The highest BCUT2D eigenvalue weighted by Crippen LogP contribution is 2.24. The van der Waals surface area contributed by atoms with Crippen LogP contribution in [0.5, 0.6) is 0 Å². The minimum Gasteiger partial charge on any atom is -0.364 e. The van der Waals surface area contributed by atoms with Crippen molar-refractivity contribution in [2.45, 2.75) is 26.4 Å². The summed E-state index contributed by atoms with van der Waals surface area (Å²) in [6.45, 7) is 4.67. The van der Waals surface area contributed by atoms with Gasteiger partial charge in [0.1, 0.15) is 12.7 Å². The number of nitrogens with one attached hydrogen (secondary N) is 1. The molecule has 3 aromatic heterocycles. The number of hydrogen-bond donors (Lipinski definition) is 1. The summed E-state index contributed by atoms with van der Waals surface area (Å²) in [4.78, 5) is 17.1. The van der Waals surface area contributed by atoms with Crippen LogP contribution in [0.15, 0.2) is 43.2 Å². The van der Waals surface area contributed by atoms with Crippen molar-refractivity contribution in [3.8, 4) is 5.69 Å². The second-order valence-electron chi connectivity index (χ2n) is 6.08. The van der Waals surface area contributed by atoms with Crippen LogP contribution >= 0.6 is 11.6 Å². The molecule has 0 atom stereocenters. The molecule has 3 heterocycles. The number of imidazole rings is 1. The molecule has 0 fully saturated rings. The molecular formula is C17H17ClN8. The zero-order chi connectivity index (χ0) is 18.1. The van der Waals surface area contributed by atoms with Gasteiger partial charge in [0.05, 0.1) is 12.0 Å². The summed E-state index contributed by atoms with van der Waals surface area (Å²) in [5.41, 5.74) is 3.40. The molecule has 1 aromatic carbocycles. The first-order valence-corrected chi connectivity index (χ1v) is 8.58. The molecule has 0 aliphatic rings. The van der Waals surface area contributed by atoms with Gasteiger partial charge in [-0.3, -0.25) is 0 Å². The van der Waals surface area contributed by atoms with E-state index in [1.807, 2.05) is 28.8 Å². The third-order valence-corrected chi connectivity index (χ3v) is 4.22. The lowest BCUT2D eigenvalue weighted by Gasteiger charge is -2.12. The average molecular weight is 369 g/mol. The summed E-state index contributed by atoms with van der Waals surface area (Å²) in [7, 11) is 0. The van der Waals surface area contributed by atoms with Crippen LogP contribution < -0.4 is 5.32 Å². The molecule has 0 aliphatic heterocycles. The number of benzene rings is 1. The van der Waals surface area contributed by atoms with E-state index in [1.54, 1.807) is 17.3 Å². The maximum Gasteiger partial charge on any atom is 0.226 e. The molecule has 8 nitrogen and oxygen atoms in total. The van der Waals surface area contributed by atoms with Crippen molar-refractivity contribution in [1.29, 1.82) is 0 Å². The molecular weight excluding hydrogens is 352 g/mol. The van der Waals surface area contributed by atoms with Crippen molar-refractivity contribution in [2.24, 2.45) is 0 Å². The van der Waals surface area contributed by atoms with E-state index < -0.39 is 0 Å². The monoisotopic (exact) mass is 368 g/mol. The van der Waals surface area contributed by atoms with Crippen LogP contribution in [0.25, 0.3) is 16.9 Å². The van der Waals surface area contributed by atoms with Crippen LogP contribution in [0.3, 0.4) is 0 Å². The van der Waals surface area contributed by atoms with Gasteiger partial charge in [-0.25, -0.2) is 14.6 Å². The first-order chi connectivity index (χ1) is 12.6. The summed E-state index contributed by atoms with van der Waals surface area (Å²) in [6, 6.07) is 8.18. The molecule has 132 valence electrons. The Morgan fingerprint density at radius 2 is 2.00 bits per heavy atom. The lowest BCUT2D eigenvalue weighted by Crippen LogP contribution is -2.08. The number of aromatic nitrogens is 7. The molecule has 0 bridgehead atoms. The molecule has 1 N–H and O–H groups in total. The molecule has 4 rings (SSSR count). The minimum atomic E-state index is 0.187. The summed E-state index contributed by atoms with van der Waals surface area (Å²) in [5, 5.41) is 7.72. The number of anilines is 1. The molecule has 4 aromatic rings. The Morgan fingerprint density at radius 1 is 1.15 bits per heavy atom. The summed E-state index contributed by atoms with van der Waals surface area (Å²) >= 11 is 6.13. The van der Waals surface area contributed by atoms with E-state index in [0.717, 1.165) is 11.3 Å². The van der Waals surface area contributed by atoms with Gasteiger partial charge in [0.2, 0.25) is 5.28 Å². The molecule has 0 radical (unpaired) electrons. The predicted molar refractivity (Wildman–Crippen MR) is 99.4 cm³/mol. The second-order valence-corrected chi connectivity index (χ2v) is 6.42. The fourth-order valence-corrected chi connectivity index (χ4v) is 2.95. The van der Waals surface area contributed by atoms with Gasteiger partial charge in [-0.15, -0.1) is 0 Å². The van der Waals surface area contributed by atoms with Crippen molar-refractivity contribution in [1.82, 2.24) is 34.3 Å². The molecule has 0 saturated carbocycles. The molecule has 0 saturated heterocycles. The molecule has 0 spiro atoms. The maximum atomic E-state index is 6.13. The minimum absolute atomic E-state index is 0.187. The standard InChI is InChI=1S/C17H17ClN8/c1-11(2)25-10-21-14-15(23-17(18)24-16(14)25)20-7-12-5-3-4-6-13(12)26-9-19-8-22-26/h3-6,8-11H,7H2,1-2H3,(H,20,23,24). The van der Waals surface area contributed by atoms with Gasteiger partial charge in [0.25, 0.3) is 0 Å². The lowest BCUT2D eigenvalue weighted by atomic mass is 10.2. The molecule has 26 heavy (non-hydrogen) atoms. The SMILES string of the molecule is CC(C)n1cnc2c(NCc3ccccc3-n3cncn3)nc(Cl)nc21. The van der Waals surface area contributed by atoms with Gasteiger partial charge in [-0.2, -0.15) is 15.1 Å². The Bertz CT molecular complexity index is 1040. The van der Waals surface area contributed by atoms with Gasteiger partial charge in [-0.1, -0.05) is 18.2 Å². The number of hydrogen-bond acceptors (Lipinski definition) is 6. The first-order valence-electron chi connectivity index (χ1n) is 8.20. The summed E-state index contributed by atoms with van der Waals surface area (Å²) in [5.74, 6) is 0.604. The highest BCUT2D eigenvalue weighted by Gasteiger charge is 2.14. The quantitative estimate of drug-likeness (QED) is 0.544. The van der Waals surface area contributed by atoms with Gasteiger partial charge < -0.3 is 9.88 Å². The normalized spacial score (nSPS) is 11.4. The van der Waals surface area contributed by atoms with E-state index in [4.69, 9.17) is 11.6 Å². The number of rotatable bonds is 5. The van der Waals surface area contributed by atoms with Crippen molar-refractivity contribution in [3.63, 3.8) is 0 Å². The van der Waals surface area contributed by atoms with Crippen LogP contribution in [0, 0.1) is 0 Å². The number of para-hydroxylation sites is 1. The zero-order valence-electron chi connectivity index (χ0n) is 14.3. The number of fused-ring (bicyclic) bond motifs is 1. The number of nitrogens with zero attached hydrogens (tertiary/aromatic N) is 7. The van der Waals surface area contributed by atoms with E-state index in [2.05, 4.69) is 44.2 Å². The van der Waals surface area contributed by atoms with Crippen LogP contribution in [-0.4, -0.2) is 34.3 Å². The van der Waals surface area contributed by atoms with Crippen LogP contribution in [0.1, 0.15) is 25.5 Å². The Hall–Kier alpha value is -3.00. The third-order valence-electron chi connectivity index (χ3n) is 4.05. The summed E-state index contributed by atoms with van der Waals surface area (Å²) in [6.07, 6.45) is 4.94. The Labute approximate surface area is 154 Å². The Balaban J connectivity index is 1.68. The Morgan fingerprint density at radius 3 is 2.77 bits per heavy atom. The first kappa shape index (κ1) is 16.5. The second kappa shape index (κ2) is 6.72. The smallest absolute Gasteiger partial charge is 0.226 e. The predicted octanol–water partition coefficient (Wildman–Crippen LogP) is 3.25. The maximum absolute atomic E-state index is 6.13. The Kier molecular flexibility index (Phi) is 4.26. The fraction of sp³-hybridized carbons (Fsp3) is 0.235. The average Bonchev–Trinajstić information content (AvgIpc) is 3.29. The molecule has 0 aliphatic carbocycles. The third kappa shape index (κ3) is 2.99. The fourth-order valence-electron chi connectivity index (χ4n) is 2.79. The molecule has 0 unspecified atom stereocenters. The zero-order valence-corrected chi connectivity index (χ0v) is 15.1.